The first-order valence-electron chi connectivity index (χ1n) is 5.97. The molecule has 82 valence electrons. The Morgan fingerprint density at radius 2 is 1.86 bits per heavy atom. The van der Waals surface area contributed by atoms with Crippen LogP contribution in [0.5, 0.6) is 0 Å². The highest BCUT2D eigenvalue weighted by molar-refractivity contribution is 5.04. The lowest BCUT2D eigenvalue weighted by Crippen LogP contribution is -2.43. The van der Waals surface area contributed by atoms with Crippen LogP contribution in [0.1, 0.15) is 38.5 Å². The normalized spacial score (nSPS) is 28.3. The van der Waals surface area contributed by atoms with Crippen LogP contribution in [0, 0.1) is 11.3 Å². The number of rotatable bonds is 4. The summed E-state index contributed by atoms with van der Waals surface area (Å²) in [5.41, 5.74) is 0.276. The maximum atomic E-state index is 9.51. The van der Waals surface area contributed by atoms with Crippen molar-refractivity contribution in [2.24, 2.45) is 11.3 Å². The van der Waals surface area contributed by atoms with Crippen molar-refractivity contribution < 1.29 is 5.11 Å². The molecule has 0 saturated heterocycles. The molecule has 2 rings (SSSR count). The predicted octanol–water partition coefficient (Wildman–Crippen LogP) is 1.88. The third kappa shape index (κ3) is 1.70. The molecule has 0 amide bonds. The molecule has 2 fully saturated rings. The molecular formula is C12H23NO. The van der Waals surface area contributed by atoms with Crippen molar-refractivity contribution in [3.63, 3.8) is 0 Å². The van der Waals surface area contributed by atoms with E-state index in [4.69, 9.17) is 0 Å². The standard InChI is InChI=1S/C12H23NO/c1-13(2)11(10-5-3-4-6-10)12(9-14)7-8-12/h10-11,14H,3-9H2,1-2H3. The number of aliphatic hydroxyl groups excluding tert-OH is 1. The van der Waals surface area contributed by atoms with E-state index >= 15 is 0 Å². The van der Waals surface area contributed by atoms with Gasteiger partial charge in [0.1, 0.15) is 0 Å². The van der Waals surface area contributed by atoms with Gasteiger partial charge in [0.2, 0.25) is 0 Å². The summed E-state index contributed by atoms with van der Waals surface area (Å²) in [7, 11) is 4.36. The number of hydrogen-bond donors (Lipinski definition) is 1. The maximum Gasteiger partial charge on any atom is 0.0502 e. The fraction of sp³-hybridized carbons (Fsp3) is 1.00. The van der Waals surface area contributed by atoms with Crippen LogP contribution in [0.25, 0.3) is 0 Å². The van der Waals surface area contributed by atoms with Crippen LogP contribution in [0.4, 0.5) is 0 Å². The van der Waals surface area contributed by atoms with Gasteiger partial charge in [0.15, 0.2) is 0 Å². The zero-order chi connectivity index (χ0) is 10.2. The topological polar surface area (TPSA) is 23.5 Å². The average Bonchev–Trinajstić information content (AvgIpc) is 2.73. The fourth-order valence-corrected chi connectivity index (χ4v) is 3.45. The van der Waals surface area contributed by atoms with Gasteiger partial charge in [0, 0.05) is 11.5 Å². The minimum atomic E-state index is 0.276. The molecule has 1 atom stereocenters. The largest absolute Gasteiger partial charge is 0.396 e. The highest BCUT2D eigenvalue weighted by Crippen LogP contribution is 2.54. The first-order valence-corrected chi connectivity index (χ1v) is 5.97. The average molecular weight is 197 g/mol. The summed E-state index contributed by atoms with van der Waals surface area (Å²) in [6.07, 6.45) is 8.04. The van der Waals surface area contributed by atoms with Crippen LogP contribution < -0.4 is 0 Å². The molecule has 1 N–H and O–H groups in total. The smallest absolute Gasteiger partial charge is 0.0502 e. The van der Waals surface area contributed by atoms with Gasteiger partial charge in [-0.2, -0.15) is 0 Å². The fourth-order valence-electron chi connectivity index (χ4n) is 3.45. The van der Waals surface area contributed by atoms with Gasteiger partial charge < -0.3 is 10.0 Å². The monoisotopic (exact) mass is 197 g/mol. The van der Waals surface area contributed by atoms with Crippen LogP contribution >= 0.6 is 0 Å². The molecule has 2 saturated carbocycles. The van der Waals surface area contributed by atoms with Crippen LogP contribution in [0.15, 0.2) is 0 Å². The Hall–Kier alpha value is -0.0800. The van der Waals surface area contributed by atoms with Crippen LogP contribution in [0.3, 0.4) is 0 Å². The molecule has 0 bridgehead atoms. The second kappa shape index (κ2) is 3.82. The maximum absolute atomic E-state index is 9.51. The summed E-state index contributed by atoms with van der Waals surface area (Å²) in [6, 6.07) is 0.634. The predicted molar refractivity (Wildman–Crippen MR) is 58.2 cm³/mol. The minimum Gasteiger partial charge on any atom is -0.396 e. The van der Waals surface area contributed by atoms with Crippen molar-refractivity contribution in [1.29, 1.82) is 0 Å². The molecule has 2 aliphatic rings. The lowest BCUT2D eigenvalue weighted by atomic mass is 9.84. The van der Waals surface area contributed by atoms with E-state index in [1.807, 2.05) is 0 Å². The minimum absolute atomic E-state index is 0.276. The SMILES string of the molecule is CN(C)C(C1CCCC1)C1(CO)CC1. The first kappa shape index (κ1) is 10.4. The van der Waals surface area contributed by atoms with Gasteiger partial charge in [-0.15, -0.1) is 0 Å². The van der Waals surface area contributed by atoms with E-state index in [-0.39, 0.29) is 5.41 Å². The van der Waals surface area contributed by atoms with Crippen molar-refractivity contribution in [1.82, 2.24) is 4.90 Å². The lowest BCUT2D eigenvalue weighted by Gasteiger charge is -2.36. The third-order valence-electron chi connectivity index (χ3n) is 4.24. The Morgan fingerprint density at radius 3 is 2.21 bits per heavy atom. The molecular weight excluding hydrogens is 174 g/mol. The van der Waals surface area contributed by atoms with E-state index < -0.39 is 0 Å². The molecule has 14 heavy (non-hydrogen) atoms. The zero-order valence-corrected chi connectivity index (χ0v) is 9.50. The van der Waals surface area contributed by atoms with E-state index in [0.29, 0.717) is 12.6 Å². The quantitative estimate of drug-likeness (QED) is 0.744. The van der Waals surface area contributed by atoms with Crippen LogP contribution in [-0.4, -0.2) is 36.8 Å². The molecule has 0 aromatic rings. The van der Waals surface area contributed by atoms with E-state index in [2.05, 4.69) is 19.0 Å². The van der Waals surface area contributed by atoms with Crippen molar-refractivity contribution in [2.75, 3.05) is 20.7 Å². The summed E-state index contributed by atoms with van der Waals surface area (Å²) >= 11 is 0. The molecule has 0 aromatic heterocycles. The Bertz CT molecular complexity index is 192. The van der Waals surface area contributed by atoms with Crippen molar-refractivity contribution in [3.05, 3.63) is 0 Å². The highest BCUT2D eigenvalue weighted by Gasteiger charge is 2.52. The van der Waals surface area contributed by atoms with Gasteiger partial charge in [0.25, 0.3) is 0 Å². The summed E-state index contributed by atoms with van der Waals surface area (Å²) in [4.78, 5) is 2.36. The van der Waals surface area contributed by atoms with Crippen molar-refractivity contribution in [3.8, 4) is 0 Å². The lowest BCUT2D eigenvalue weighted by molar-refractivity contribution is 0.0758. The van der Waals surface area contributed by atoms with Crippen molar-refractivity contribution in [2.45, 2.75) is 44.6 Å². The first-order chi connectivity index (χ1) is 6.69. The second-order valence-electron chi connectivity index (χ2n) is 5.47. The molecule has 0 spiro atoms. The molecule has 0 aromatic carbocycles. The van der Waals surface area contributed by atoms with E-state index in [1.165, 1.54) is 38.5 Å². The molecule has 0 heterocycles. The van der Waals surface area contributed by atoms with Gasteiger partial charge in [-0.3, -0.25) is 0 Å². The van der Waals surface area contributed by atoms with E-state index in [0.717, 1.165) is 5.92 Å². The summed E-state index contributed by atoms with van der Waals surface area (Å²) < 4.78 is 0. The summed E-state index contributed by atoms with van der Waals surface area (Å²) in [5.74, 6) is 0.847. The second-order valence-corrected chi connectivity index (χ2v) is 5.47. The van der Waals surface area contributed by atoms with E-state index in [1.54, 1.807) is 0 Å². The van der Waals surface area contributed by atoms with Crippen molar-refractivity contribution >= 4 is 0 Å². The number of aliphatic hydroxyl groups is 1. The zero-order valence-electron chi connectivity index (χ0n) is 9.50. The van der Waals surface area contributed by atoms with E-state index in [9.17, 15) is 5.11 Å². The summed E-state index contributed by atoms with van der Waals surface area (Å²) in [6.45, 7) is 0.395. The van der Waals surface area contributed by atoms with Gasteiger partial charge in [0.05, 0.1) is 6.61 Å². The highest BCUT2D eigenvalue weighted by atomic mass is 16.3. The Kier molecular flexibility index (Phi) is 2.85. The van der Waals surface area contributed by atoms with Gasteiger partial charge in [-0.05, 0) is 45.7 Å². The van der Waals surface area contributed by atoms with Gasteiger partial charge in [-0.1, -0.05) is 12.8 Å². The van der Waals surface area contributed by atoms with Crippen LogP contribution in [0.2, 0.25) is 0 Å². The third-order valence-corrected chi connectivity index (χ3v) is 4.24. The number of hydrogen-bond acceptors (Lipinski definition) is 2. The molecule has 2 heteroatoms. The Morgan fingerprint density at radius 1 is 1.29 bits per heavy atom. The molecule has 0 radical (unpaired) electrons. The number of nitrogens with zero attached hydrogens (tertiary/aromatic N) is 1. The Labute approximate surface area is 87.3 Å². The molecule has 1 unspecified atom stereocenters. The molecule has 0 aliphatic heterocycles. The van der Waals surface area contributed by atoms with Gasteiger partial charge >= 0.3 is 0 Å². The molecule has 2 aliphatic carbocycles. The van der Waals surface area contributed by atoms with Crippen LogP contribution in [-0.2, 0) is 0 Å². The Balaban J connectivity index is 2.07. The molecule has 2 nitrogen and oxygen atoms in total. The summed E-state index contributed by atoms with van der Waals surface area (Å²) in [5, 5.41) is 9.51. The van der Waals surface area contributed by atoms with Gasteiger partial charge in [-0.25, -0.2) is 0 Å².